The maximum Gasteiger partial charge on any atom is 0.321 e. The predicted octanol–water partition coefficient (Wildman–Crippen LogP) is 3.60. The van der Waals surface area contributed by atoms with E-state index in [1.54, 1.807) is 26.0 Å². The number of imide groups is 1. The Hall–Kier alpha value is -2.62. The van der Waals surface area contributed by atoms with E-state index in [-0.39, 0.29) is 22.9 Å². The Morgan fingerprint density at radius 1 is 1.24 bits per heavy atom. The lowest BCUT2D eigenvalue weighted by atomic mass is 10.2. The van der Waals surface area contributed by atoms with E-state index in [4.69, 9.17) is 9.15 Å². The summed E-state index contributed by atoms with van der Waals surface area (Å²) in [5, 5.41) is 12.4. The Bertz CT molecular complexity index is 856. The minimum absolute atomic E-state index is 0.0772. The van der Waals surface area contributed by atoms with Gasteiger partial charge in [0.25, 0.3) is 11.1 Å². The number of carbonyl (C=O) groups is 2. The van der Waals surface area contributed by atoms with Crippen molar-refractivity contribution in [2.75, 3.05) is 0 Å². The lowest BCUT2D eigenvalue weighted by Gasteiger charge is -2.14. The highest BCUT2D eigenvalue weighted by atomic mass is 32.2. The van der Waals surface area contributed by atoms with Crippen LogP contribution in [0.15, 0.2) is 33.9 Å². The van der Waals surface area contributed by atoms with Crippen molar-refractivity contribution in [2.45, 2.75) is 62.1 Å². The molecule has 0 unspecified atom stereocenters. The summed E-state index contributed by atoms with van der Waals surface area (Å²) in [5.74, 6) is -0.716. The van der Waals surface area contributed by atoms with Crippen LogP contribution in [0.3, 0.4) is 0 Å². The summed E-state index contributed by atoms with van der Waals surface area (Å²) in [6, 6.07) is 5.65. The first kappa shape index (κ1) is 21.1. The third-order valence-corrected chi connectivity index (χ3v) is 5.42. The summed E-state index contributed by atoms with van der Waals surface area (Å²) in [5.41, 5.74) is 0. The second-order valence-electron chi connectivity index (χ2n) is 6.80. The molecule has 2 aromatic rings. The number of urea groups is 1. The molecule has 0 radical (unpaired) electrons. The molecule has 2 atom stereocenters. The van der Waals surface area contributed by atoms with Crippen molar-refractivity contribution in [3.63, 3.8) is 0 Å². The molecule has 3 amide bonds. The maximum absolute atomic E-state index is 13.7. The van der Waals surface area contributed by atoms with Gasteiger partial charge in [-0.05, 0) is 38.8 Å². The number of hydrogen-bond acceptors (Lipinski definition) is 7. The van der Waals surface area contributed by atoms with E-state index in [9.17, 15) is 14.0 Å². The number of nitrogens with zero attached hydrogens (tertiary/aromatic N) is 2. The van der Waals surface area contributed by atoms with Gasteiger partial charge in [-0.25, -0.2) is 9.18 Å². The van der Waals surface area contributed by atoms with Crippen molar-refractivity contribution in [3.05, 3.63) is 36.0 Å². The zero-order valence-corrected chi connectivity index (χ0v) is 17.0. The summed E-state index contributed by atoms with van der Waals surface area (Å²) >= 11 is 1.02. The standard InChI is InChI=1S/C19H23FN4O4S/c1-11(27-15-10-6-5-9-14(15)20)17-23-24-19(28-17)29-12(2)16(25)22-18(26)21-13-7-3-4-8-13/h5-6,9-13H,3-4,7-8H2,1-2H3,(H2,21,22,25,26)/t11-,12-/m0/s1. The molecule has 1 aromatic carbocycles. The first-order chi connectivity index (χ1) is 13.9. The number of benzene rings is 1. The lowest BCUT2D eigenvalue weighted by molar-refractivity contribution is -0.119. The molecular formula is C19H23FN4O4S. The van der Waals surface area contributed by atoms with Gasteiger partial charge in [-0.3, -0.25) is 10.1 Å². The van der Waals surface area contributed by atoms with Gasteiger partial charge in [0.2, 0.25) is 5.91 Å². The van der Waals surface area contributed by atoms with Crippen LogP contribution in [0.25, 0.3) is 0 Å². The number of carbonyl (C=O) groups excluding carboxylic acids is 2. The molecule has 1 saturated carbocycles. The summed E-state index contributed by atoms with van der Waals surface area (Å²) in [7, 11) is 0. The molecule has 10 heteroatoms. The fraction of sp³-hybridized carbons (Fsp3) is 0.474. The monoisotopic (exact) mass is 422 g/mol. The Morgan fingerprint density at radius 3 is 2.69 bits per heavy atom. The Morgan fingerprint density at radius 2 is 1.97 bits per heavy atom. The van der Waals surface area contributed by atoms with Gasteiger partial charge in [0.1, 0.15) is 0 Å². The average Bonchev–Trinajstić information content (AvgIpc) is 3.35. The van der Waals surface area contributed by atoms with Crippen molar-refractivity contribution < 1.29 is 23.1 Å². The third kappa shape index (κ3) is 5.93. The van der Waals surface area contributed by atoms with Gasteiger partial charge in [0.05, 0.1) is 5.25 Å². The van der Waals surface area contributed by atoms with Gasteiger partial charge in [0, 0.05) is 6.04 Å². The molecule has 0 bridgehead atoms. The molecule has 29 heavy (non-hydrogen) atoms. The summed E-state index contributed by atoms with van der Waals surface area (Å²) < 4.78 is 24.7. The van der Waals surface area contributed by atoms with Crippen LogP contribution in [0.4, 0.5) is 9.18 Å². The van der Waals surface area contributed by atoms with Crippen LogP contribution < -0.4 is 15.4 Å². The normalized spacial score (nSPS) is 16.2. The number of rotatable bonds is 7. The Balaban J connectivity index is 1.50. The molecule has 3 rings (SSSR count). The number of para-hydroxylation sites is 1. The molecule has 156 valence electrons. The van der Waals surface area contributed by atoms with Crippen molar-refractivity contribution in [2.24, 2.45) is 0 Å². The van der Waals surface area contributed by atoms with E-state index in [0.717, 1.165) is 37.4 Å². The van der Waals surface area contributed by atoms with Gasteiger partial charge in [-0.15, -0.1) is 10.2 Å². The van der Waals surface area contributed by atoms with Crippen LogP contribution in [-0.4, -0.2) is 33.4 Å². The number of amides is 3. The third-order valence-electron chi connectivity index (χ3n) is 4.48. The van der Waals surface area contributed by atoms with Crippen molar-refractivity contribution in [3.8, 4) is 5.75 Å². The van der Waals surface area contributed by atoms with E-state index in [1.807, 2.05) is 0 Å². The number of halogens is 1. The second-order valence-corrected chi connectivity index (χ2v) is 8.09. The molecule has 1 aromatic heterocycles. The van der Waals surface area contributed by atoms with E-state index in [2.05, 4.69) is 20.8 Å². The van der Waals surface area contributed by atoms with Gasteiger partial charge in [-0.1, -0.05) is 36.7 Å². The highest BCUT2D eigenvalue weighted by molar-refractivity contribution is 8.00. The van der Waals surface area contributed by atoms with Crippen molar-refractivity contribution >= 4 is 23.7 Å². The van der Waals surface area contributed by atoms with E-state index < -0.39 is 29.1 Å². The van der Waals surface area contributed by atoms with Crippen LogP contribution >= 0.6 is 11.8 Å². The summed E-state index contributed by atoms with van der Waals surface area (Å²) in [4.78, 5) is 24.1. The number of thioether (sulfide) groups is 1. The van der Waals surface area contributed by atoms with Crippen LogP contribution in [0.5, 0.6) is 5.75 Å². The number of aromatic nitrogens is 2. The second kappa shape index (κ2) is 9.73. The number of ether oxygens (including phenoxy) is 1. The maximum atomic E-state index is 13.7. The molecule has 2 N–H and O–H groups in total. The number of nitrogens with one attached hydrogen (secondary N) is 2. The SMILES string of the molecule is C[C@H](Sc1nnc([C@H](C)Oc2ccccc2F)o1)C(=O)NC(=O)NC1CCCC1. The van der Waals surface area contributed by atoms with E-state index in [1.165, 1.54) is 12.1 Å². The fourth-order valence-corrected chi connectivity index (χ4v) is 3.61. The van der Waals surface area contributed by atoms with Crippen LogP contribution in [0.1, 0.15) is 51.5 Å². The van der Waals surface area contributed by atoms with E-state index in [0.29, 0.717) is 0 Å². The molecule has 1 fully saturated rings. The molecule has 8 nitrogen and oxygen atoms in total. The highest BCUT2D eigenvalue weighted by Crippen LogP contribution is 2.27. The zero-order chi connectivity index (χ0) is 20.8. The zero-order valence-electron chi connectivity index (χ0n) is 16.2. The lowest BCUT2D eigenvalue weighted by Crippen LogP contribution is -2.45. The first-order valence-electron chi connectivity index (χ1n) is 9.45. The molecule has 1 aliphatic carbocycles. The largest absolute Gasteiger partial charge is 0.478 e. The predicted molar refractivity (Wildman–Crippen MR) is 104 cm³/mol. The van der Waals surface area contributed by atoms with Crippen molar-refractivity contribution in [1.29, 1.82) is 0 Å². The molecular weight excluding hydrogens is 399 g/mol. The van der Waals surface area contributed by atoms with Gasteiger partial charge in [0.15, 0.2) is 17.7 Å². The van der Waals surface area contributed by atoms with Crippen molar-refractivity contribution in [1.82, 2.24) is 20.8 Å². The highest BCUT2D eigenvalue weighted by Gasteiger charge is 2.24. The smallest absolute Gasteiger partial charge is 0.321 e. The van der Waals surface area contributed by atoms with Gasteiger partial charge in [-0.2, -0.15) is 0 Å². The van der Waals surface area contributed by atoms with Crippen LogP contribution in [-0.2, 0) is 4.79 Å². The number of hydrogen-bond donors (Lipinski definition) is 2. The quantitative estimate of drug-likeness (QED) is 0.657. The van der Waals surface area contributed by atoms with E-state index >= 15 is 0 Å². The summed E-state index contributed by atoms with van der Waals surface area (Å²) in [6.45, 7) is 3.28. The van der Waals surface area contributed by atoms with Crippen LogP contribution in [0.2, 0.25) is 0 Å². The molecule has 0 spiro atoms. The van der Waals surface area contributed by atoms with Gasteiger partial charge >= 0.3 is 6.03 Å². The minimum atomic E-state index is -0.671. The van der Waals surface area contributed by atoms with Crippen LogP contribution in [0, 0.1) is 5.82 Å². The topological polar surface area (TPSA) is 106 Å². The molecule has 1 heterocycles. The Kier molecular flexibility index (Phi) is 7.08. The summed E-state index contributed by atoms with van der Waals surface area (Å²) in [6.07, 6.45) is 3.37. The molecule has 0 saturated heterocycles. The minimum Gasteiger partial charge on any atom is -0.478 e. The fourth-order valence-electron chi connectivity index (χ4n) is 2.92. The average molecular weight is 422 g/mol. The van der Waals surface area contributed by atoms with Gasteiger partial charge < -0.3 is 14.5 Å². The molecule has 0 aliphatic heterocycles. The molecule has 1 aliphatic rings. The first-order valence-corrected chi connectivity index (χ1v) is 10.3. The Labute approximate surface area is 172 Å².